The fraction of sp³-hybridized carbons (Fsp3) is 0.100. The molecule has 0 unspecified atom stereocenters. The van der Waals surface area contributed by atoms with Gasteiger partial charge >= 0.3 is 0 Å². The second-order valence-electron chi connectivity index (χ2n) is 5.80. The van der Waals surface area contributed by atoms with Gasteiger partial charge in [0, 0.05) is 10.9 Å². The van der Waals surface area contributed by atoms with Crippen molar-refractivity contribution < 1.29 is 9.53 Å². The van der Waals surface area contributed by atoms with E-state index in [2.05, 4.69) is 10.4 Å². The van der Waals surface area contributed by atoms with Crippen LogP contribution in [0.5, 0.6) is 5.75 Å². The van der Waals surface area contributed by atoms with Crippen LogP contribution in [0, 0.1) is 0 Å². The van der Waals surface area contributed by atoms with Crippen LogP contribution in [0.1, 0.15) is 4.88 Å². The molecule has 5 nitrogen and oxygen atoms in total. The zero-order valence-corrected chi connectivity index (χ0v) is 14.8. The summed E-state index contributed by atoms with van der Waals surface area (Å²) in [4.78, 5) is 13.4. The van der Waals surface area contributed by atoms with Crippen LogP contribution >= 0.6 is 11.3 Å². The molecule has 0 saturated heterocycles. The Morgan fingerprint density at radius 1 is 1.08 bits per heavy atom. The first kappa shape index (κ1) is 16.4. The Labute approximate surface area is 154 Å². The largest absolute Gasteiger partial charge is 0.484 e. The summed E-state index contributed by atoms with van der Waals surface area (Å²) in [7, 11) is 0. The lowest BCUT2D eigenvalue weighted by atomic mass is 10.1. The van der Waals surface area contributed by atoms with Crippen molar-refractivity contribution in [3.05, 3.63) is 77.1 Å². The number of nitrogens with one attached hydrogen (secondary N) is 1. The lowest BCUT2D eigenvalue weighted by Crippen LogP contribution is -2.22. The number of anilines is 1. The highest BCUT2D eigenvalue weighted by Crippen LogP contribution is 2.20. The Morgan fingerprint density at radius 2 is 1.96 bits per heavy atom. The molecule has 0 radical (unpaired) electrons. The Bertz CT molecular complexity index is 1020. The molecule has 0 spiro atoms. The van der Waals surface area contributed by atoms with Crippen molar-refractivity contribution in [1.29, 1.82) is 0 Å². The van der Waals surface area contributed by atoms with E-state index in [0.29, 0.717) is 18.1 Å². The minimum Gasteiger partial charge on any atom is -0.484 e. The molecule has 4 aromatic rings. The molecule has 4 rings (SSSR count). The van der Waals surface area contributed by atoms with E-state index in [9.17, 15) is 4.79 Å². The van der Waals surface area contributed by atoms with Crippen LogP contribution in [0.25, 0.3) is 10.8 Å². The summed E-state index contributed by atoms with van der Waals surface area (Å²) in [6.07, 6.45) is 1.67. The number of amides is 1. The van der Waals surface area contributed by atoms with Crippen LogP contribution in [0.4, 0.5) is 5.82 Å². The average molecular weight is 363 g/mol. The molecule has 2 aromatic carbocycles. The quantitative estimate of drug-likeness (QED) is 0.559. The monoisotopic (exact) mass is 363 g/mol. The van der Waals surface area contributed by atoms with Crippen LogP contribution in [0.3, 0.4) is 0 Å². The van der Waals surface area contributed by atoms with E-state index >= 15 is 0 Å². The summed E-state index contributed by atoms with van der Waals surface area (Å²) in [5.41, 5.74) is 0. The summed E-state index contributed by atoms with van der Waals surface area (Å²) < 4.78 is 7.39. The maximum absolute atomic E-state index is 12.2. The van der Waals surface area contributed by atoms with Gasteiger partial charge in [0.1, 0.15) is 11.6 Å². The number of carbonyl (C=O) groups is 1. The molecule has 1 N–H and O–H groups in total. The first-order valence-electron chi connectivity index (χ1n) is 8.23. The van der Waals surface area contributed by atoms with Crippen LogP contribution in [-0.2, 0) is 11.3 Å². The lowest BCUT2D eigenvalue weighted by molar-refractivity contribution is -0.118. The highest BCUT2D eigenvalue weighted by molar-refractivity contribution is 7.09. The summed E-state index contributed by atoms with van der Waals surface area (Å²) in [5, 5.41) is 11.4. The van der Waals surface area contributed by atoms with Gasteiger partial charge in [-0.05, 0) is 34.4 Å². The van der Waals surface area contributed by atoms with E-state index in [-0.39, 0.29) is 12.5 Å². The molecular formula is C20H17N3O2S. The molecular weight excluding hydrogens is 346 g/mol. The highest BCUT2D eigenvalue weighted by Gasteiger charge is 2.09. The van der Waals surface area contributed by atoms with Gasteiger partial charge < -0.3 is 10.1 Å². The molecule has 26 heavy (non-hydrogen) atoms. The van der Waals surface area contributed by atoms with Crippen molar-refractivity contribution in [3.63, 3.8) is 0 Å². The molecule has 0 aliphatic heterocycles. The fourth-order valence-corrected chi connectivity index (χ4v) is 3.39. The minimum atomic E-state index is -0.217. The normalized spacial score (nSPS) is 10.8. The zero-order valence-electron chi connectivity index (χ0n) is 14.0. The van der Waals surface area contributed by atoms with E-state index < -0.39 is 0 Å². The first-order valence-corrected chi connectivity index (χ1v) is 9.11. The van der Waals surface area contributed by atoms with Gasteiger partial charge in [0.05, 0.1) is 12.7 Å². The van der Waals surface area contributed by atoms with Crippen molar-refractivity contribution in [2.75, 3.05) is 11.9 Å². The number of carbonyl (C=O) groups excluding carboxylic acids is 1. The third kappa shape index (κ3) is 3.75. The molecule has 6 heteroatoms. The van der Waals surface area contributed by atoms with Gasteiger partial charge in [-0.15, -0.1) is 11.3 Å². The van der Waals surface area contributed by atoms with E-state index in [1.165, 1.54) is 4.88 Å². The summed E-state index contributed by atoms with van der Waals surface area (Å²) >= 11 is 1.66. The van der Waals surface area contributed by atoms with Crippen molar-refractivity contribution >= 4 is 33.8 Å². The van der Waals surface area contributed by atoms with Crippen LogP contribution in [0.2, 0.25) is 0 Å². The molecule has 2 aromatic heterocycles. The van der Waals surface area contributed by atoms with Gasteiger partial charge in [-0.3, -0.25) is 4.79 Å². The minimum absolute atomic E-state index is 0.0531. The van der Waals surface area contributed by atoms with Gasteiger partial charge in [-0.1, -0.05) is 36.4 Å². The van der Waals surface area contributed by atoms with Crippen molar-refractivity contribution in [2.24, 2.45) is 0 Å². The third-order valence-electron chi connectivity index (χ3n) is 3.96. The molecule has 0 fully saturated rings. The van der Waals surface area contributed by atoms with Crippen LogP contribution in [-0.4, -0.2) is 22.3 Å². The number of ether oxygens (including phenoxy) is 1. The van der Waals surface area contributed by atoms with E-state index in [1.54, 1.807) is 28.3 Å². The van der Waals surface area contributed by atoms with Crippen molar-refractivity contribution in [3.8, 4) is 5.75 Å². The van der Waals surface area contributed by atoms with E-state index in [4.69, 9.17) is 4.74 Å². The first-order chi connectivity index (χ1) is 12.8. The Morgan fingerprint density at radius 3 is 2.81 bits per heavy atom. The van der Waals surface area contributed by atoms with Crippen LogP contribution in [0.15, 0.2) is 72.2 Å². The predicted molar refractivity (Wildman–Crippen MR) is 104 cm³/mol. The number of hydrogen-bond acceptors (Lipinski definition) is 4. The van der Waals surface area contributed by atoms with Crippen molar-refractivity contribution in [2.45, 2.75) is 6.54 Å². The Balaban J connectivity index is 1.37. The summed E-state index contributed by atoms with van der Waals surface area (Å²) in [6.45, 7) is 0.578. The molecule has 130 valence electrons. The second kappa shape index (κ2) is 7.41. The van der Waals surface area contributed by atoms with E-state index in [0.717, 1.165) is 10.8 Å². The molecule has 0 saturated carbocycles. The zero-order chi connectivity index (χ0) is 17.8. The van der Waals surface area contributed by atoms with Gasteiger partial charge in [-0.25, -0.2) is 4.68 Å². The lowest BCUT2D eigenvalue weighted by Gasteiger charge is -2.10. The maximum atomic E-state index is 12.2. The summed E-state index contributed by atoms with van der Waals surface area (Å²) in [6, 6.07) is 19.6. The molecule has 0 atom stereocenters. The summed E-state index contributed by atoms with van der Waals surface area (Å²) in [5.74, 6) is 1.11. The number of benzene rings is 2. The number of thiophene rings is 1. The Kier molecular flexibility index (Phi) is 4.66. The van der Waals surface area contributed by atoms with Gasteiger partial charge in [0.15, 0.2) is 6.61 Å². The highest BCUT2D eigenvalue weighted by atomic mass is 32.1. The van der Waals surface area contributed by atoms with Gasteiger partial charge in [-0.2, -0.15) is 5.10 Å². The van der Waals surface area contributed by atoms with Crippen LogP contribution < -0.4 is 10.1 Å². The van der Waals surface area contributed by atoms with Gasteiger partial charge in [0.2, 0.25) is 0 Å². The number of fused-ring (bicyclic) bond motifs is 1. The topological polar surface area (TPSA) is 56.1 Å². The van der Waals surface area contributed by atoms with E-state index in [1.807, 2.05) is 60.0 Å². The molecule has 1 amide bonds. The number of aromatic nitrogens is 2. The average Bonchev–Trinajstić information content (AvgIpc) is 3.33. The molecule has 2 heterocycles. The molecule has 0 aliphatic carbocycles. The molecule has 0 aliphatic rings. The SMILES string of the molecule is O=C(COc1ccc2ccccc2c1)Nc1ccnn1Cc1cccs1. The second-order valence-corrected chi connectivity index (χ2v) is 6.83. The smallest absolute Gasteiger partial charge is 0.263 e. The number of rotatable bonds is 6. The maximum Gasteiger partial charge on any atom is 0.263 e. The Hall–Kier alpha value is -3.12. The van der Waals surface area contributed by atoms with Gasteiger partial charge in [0.25, 0.3) is 5.91 Å². The predicted octanol–water partition coefficient (Wildman–Crippen LogP) is 4.16. The third-order valence-corrected chi connectivity index (χ3v) is 4.82. The van der Waals surface area contributed by atoms with Crippen molar-refractivity contribution in [1.82, 2.24) is 9.78 Å². The standard InChI is InChI=1S/C20H17N3O2S/c24-20(14-25-17-8-7-15-4-1-2-5-16(15)12-17)22-19-9-10-21-23(19)13-18-6-3-11-26-18/h1-12H,13-14H2,(H,22,24). The number of nitrogens with zero attached hydrogens (tertiary/aromatic N) is 2. The fourth-order valence-electron chi connectivity index (χ4n) is 2.70. The molecule has 0 bridgehead atoms. The number of hydrogen-bond donors (Lipinski definition) is 1.